The summed E-state index contributed by atoms with van der Waals surface area (Å²) in [5.41, 5.74) is 0.797. The second kappa shape index (κ2) is 6.64. The molecule has 2 amide bonds. The van der Waals surface area contributed by atoms with Crippen LogP contribution in [0.15, 0.2) is 78.9 Å². The van der Waals surface area contributed by atoms with E-state index in [9.17, 15) is 14.4 Å². The Labute approximate surface area is 197 Å². The van der Waals surface area contributed by atoms with Gasteiger partial charge in [0.25, 0.3) is 5.91 Å². The lowest BCUT2D eigenvalue weighted by molar-refractivity contribution is -0.137. The molecule has 3 aromatic rings. The van der Waals surface area contributed by atoms with Crippen molar-refractivity contribution in [1.29, 1.82) is 0 Å². The number of benzene rings is 3. The summed E-state index contributed by atoms with van der Waals surface area (Å²) < 4.78 is 0. The standard InChI is InChI=1S/C28H23N3O3/c32-24(17-9-2-1-3-10-17)23-22-15-8-16-31(22)28(19-12-5-7-14-21(19)30-26(28)34)27(23)18-11-4-6-13-20(18)29-25(27)33/h1-7,9-14,22-23H,8,15-16H2,(H,29,33)(H,30,34)/t22?,23-,27+,28-/m0/s1. The average molecular weight is 450 g/mol. The van der Waals surface area contributed by atoms with Gasteiger partial charge in [-0.25, -0.2) is 0 Å². The minimum Gasteiger partial charge on any atom is -0.325 e. The molecule has 168 valence electrons. The highest BCUT2D eigenvalue weighted by Crippen LogP contribution is 2.67. The van der Waals surface area contributed by atoms with Crippen molar-refractivity contribution in [2.45, 2.75) is 29.8 Å². The van der Waals surface area contributed by atoms with E-state index in [-0.39, 0.29) is 23.6 Å². The summed E-state index contributed by atoms with van der Waals surface area (Å²) in [7, 11) is 0. The van der Waals surface area contributed by atoms with Crippen LogP contribution in [0.2, 0.25) is 0 Å². The molecule has 0 saturated carbocycles. The second-order valence-electron chi connectivity index (χ2n) is 9.63. The first-order valence-corrected chi connectivity index (χ1v) is 11.8. The van der Waals surface area contributed by atoms with E-state index in [2.05, 4.69) is 15.5 Å². The number of Topliss-reactive ketones (excluding diaryl/α,β-unsaturated/α-hetero) is 1. The Morgan fingerprint density at radius 1 is 0.794 bits per heavy atom. The van der Waals surface area contributed by atoms with E-state index in [4.69, 9.17) is 0 Å². The highest BCUT2D eigenvalue weighted by molar-refractivity contribution is 6.21. The van der Waals surface area contributed by atoms with Gasteiger partial charge in [0, 0.05) is 28.5 Å². The second-order valence-corrected chi connectivity index (χ2v) is 9.63. The molecule has 4 atom stereocenters. The van der Waals surface area contributed by atoms with Gasteiger partial charge in [0.05, 0.1) is 5.92 Å². The van der Waals surface area contributed by atoms with Crippen LogP contribution in [-0.2, 0) is 20.5 Å². The number of carbonyl (C=O) groups is 3. The highest BCUT2D eigenvalue weighted by Gasteiger charge is 2.81. The minimum atomic E-state index is -1.38. The van der Waals surface area contributed by atoms with Gasteiger partial charge in [0.15, 0.2) is 5.78 Å². The maximum absolute atomic E-state index is 14.3. The number of nitrogens with one attached hydrogen (secondary N) is 2. The van der Waals surface area contributed by atoms with Gasteiger partial charge in [-0.05, 0) is 37.1 Å². The molecule has 2 fully saturated rings. The van der Waals surface area contributed by atoms with Crippen molar-refractivity contribution < 1.29 is 14.4 Å². The van der Waals surface area contributed by atoms with Gasteiger partial charge < -0.3 is 10.6 Å². The van der Waals surface area contributed by atoms with E-state index in [0.717, 1.165) is 24.0 Å². The molecule has 0 aromatic heterocycles. The number of fused-ring (bicyclic) bond motifs is 7. The molecular formula is C28H23N3O3. The molecular weight excluding hydrogens is 426 g/mol. The van der Waals surface area contributed by atoms with Gasteiger partial charge in [-0.2, -0.15) is 0 Å². The maximum Gasteiger partial charge on any atom is 0.251 e. The van der Waals surface area contributed by atoms with Crippen LogP contribution in [0.1, 0.15) is 34.3 Å². The van der Waals surface area contributed by atoms with Crippen LogP contribution in [0.25, 0.3) is 0 Å². The third-order valence-corrected chi connectivity index (χ3v) is 8.34. The Morgan fingerprint density at radius 3 is 2.18 bits per heavy atom. The zero-order chi connectivity index (χ0) is 23.1. The molecule has 1 unspecified atom stereocenters. The van der Waals surface area contributed by atoms with E-state index in [1.165, 1.54) is 0 Å². The summed E-state index contributed by atoms with van der Waals surface area (Å²) in [5, 5.41) is 6.13. The first-order valence-electron chi connectivity index (χ1n) is 11.8. The van der Waals surface area contributed by atoms with Crippen molar-refractivity contribution in [2.24, 2.45) is 5.92 Å². The maximum atomic E-state index is 14.3. The zero-order valence-electron chi connectivity index (χ0n) is 18.5. The highest BCUT2D eigenvalue weighted by atomic mass is 16.2. The normalized spacial score (nSPS) is 30.8. The third-order valence-electron chi connectivity index (χ3n) is 8.34. The van der Waals surface area contributed by atoms with E-state index >= 15 is 0 Å². The fourth-order valence-corrected chi connectivity index (χ4v) is 7.32. The van der Waals surface area contributed by atoms with Crippen LogP contribution >= 0.6 is 0 Å². The Kier molecular flexibility index (Phi) is 3.84. The van der Waals surface area contributed by atoms with Gasteiger partial charge in [0.2, 0.25) is 5.91 Å². The van der Waals surface area contributed by atoms with Crippen LogP contribution in [0, 0.1) is 5.92 Å². The van der Waals surface area contributed by atoms with Crippen LogP contribution in [0.4, 0.5) is 11.4 Å². The van der Waals surface area contributed by atoms with Crippen LogP contribution in [0.5, 0.6) is 0 Å². The number of hydrogen-bond donors (Lipinski definition) is 2. The molecule has 6 nitrogen and oxygen atoms in total. The molecule has 0 bridgehead atoms. The lowest BCUT2D eigenvalue weighted by Gasteiger charge is -2.43. The molecule has 34 heavy (non-hydrogen) atoms. The van der Waals surface area contributed by atoms with Crippen molar-refractivity contribution in [1.82, 2.24) is 4.90 Å². The van der Waals surface area contributed by atoms with Crippen molar-refractivity contribution in [2.75, 3.05) is 17.2 Å². The summed E-state index contributed by atoms with van der Waals surface area (Å²) in [6, 6.07) is 24.1. The van der Waals surface area contributed by atoms with Crippen molar-refractivity contribution in [3.8, 4) is 0 Å². The number of ketones is 1. The summed E-state index contributed by atoms with van der Waals surface area (Å²) in [4.78, 5) is 44.9. The third kappa shape index (κ3) is 2.04. The number of para-hydroxylation sites is 2. The van der Waals surface area contributed by atoms with E-state index < -0.39 is 16.9 Å². The molecule has 0 aliphatic carbocycles. The summed E-state index contributed by atoms with van der Waals surface area (Å²) >= 11 is 0. The van der Waals surface area contributed by atoms with Gasteiger partial charge >= 0.3 is 0 Å². The van der Waals surface area contributed by atoms with Crippen molar-refractivity contribution in [3.05, 3.63) is 95.6 Å². The topological polar surface area (TPSA) is 78.5 Å². The number of anilines is 2. The van der Waals surface area contributed by atoms with Gasteiger partial charge in [-0.3, -0.25) is 19.3 Å². The predicted octanol–water partition coefficient (Wildman–Crippen LogP) is 3.70. The Hall–Kier alpha value is -3.77. The zero-order valence-corrected chi connectivity index (χ0v) is 18.5. The van der Waals surface area contributed by atoms with Gasteiger partial charge in [-0.15, -0.1) is 0 Å². The largest absolute Gasteiger partial charge is 0.325 e. The SMILES string of the molecule is O=C(c1ccccc1)[C@@H]1C2CCCN2[C@@]2(C(=O)Nc3ccccc32)[C@@]12C(=O)Nc1ccccc12. The summed E-state index contributed by atoms with van der Waals surface area (Å²) in [6.45, 7) is 0.655. The predicted molar refractivity (Wildman–Crippen MR) is 127 cm³/mol. The molecule has 2 saturated heterocycles. The first kappa shape index (κ1) is 19.7. The van der Waals surface area contributed by atoms with E-state index in [1.807, 2.05) is 78.9 Å². The number of nitrogens with zero attached hydrogens (tertiary/aromatic N) is 1. The van der Waals surface area contributed by atoms with Crippen LogP contribution < -0.4 is 10.6 Å². The average Bonchev–Trinajstić information content (AvgIpc) is 3.58. The quantitative estimate of drug-likeness (QED) is 0.585. The van der Waals surface area contributed by atoms with E-state index in [1.54, 1.807) is 0 Å². The number of rotatable bonds is 2. The molecule has 4 aliphatic rings. The Bertz CT molecular complexity index is 1390. The fourth-order valence-electron chi connectivity index (χ4n) is 7.32. The van der Waals surface area contributed by atoms with Crippen LogP contribution in [0.3, 0.4) is 0 Å². The van der Waals surface area contributed by atoms with Crippen LogP contribution in [-0.4, -0.2) is 35.1 Å². The summed E-state index contributed by atoms with van der Waals surface area (Å²) in [5.74, 6) is -1.28. The molecule has 0 radical (unpaired) electrons. The monoisotopic (exact) mass is 449 g/mol. The van der Waals surface area contributed by atoms with Gasteiger partial charge in [-0.1, -0.05) is 66.7 Å². The minimum absolute atomic E-state index is 0.0848. The van der Waals surface area contributed by atoms with Gasteiger partial charge in [0.1, 0.15) is 11.0 Å². The fraction of sp³-hybridized carbons (Fsp3) is 0.250. The molecule has 4 aliphatic heterocycles. The number of amides is 2. The molecule has 2 N–H and O–H groups in total. The molecule has 4 heterocycles. The number of hydrogen-bond acceptors (Lipinski definition) is 4. The molecule has 7 rings (SSSR count). The van der Waals surface area contributed by atoms with Crippen molar-refractivity contribution >= 4 is 29.0 Å². The lowest BCUT2D eigenvalue weighted by Crippen LogP contribution is -2.62. The Balaban J connectivity index is 1.61. The molecule has 3 aromatic carbocycles. The number of carbonyl (C=O) groups excluding carboxylic acids is 3. The Morgan fingerprint density at radius 2 is 1.41 bits per heavy atom. The van der Waals surface area contributed by atoms with Crippen molar-refractivity contribution in [3.63, 3.8) is 0 Å². The van der Waals surface area contributed by atoms with E-state index in [0.29, 0.717) is 23.5 Å². The summed E-state index contributed by atoms with van der Waals surface area (Å²) in [6.07, 6.45) is 1.64. The molecule has 2 spiro atoms. The smallest absolute Gasteiger partial charge is 0.251 e. The lowest BCUT2D eigenvalue weighted by atomic mass is 9.57. The first-order chi connectivity index (χ1) is 16.6. The molecule has 6 heteroatoms.